The fourth-order valence-electron chi connectivity index (χ4n) is 3.88. The Morgan fingerprint density at radius 3 is 2.32 bits per heavy atom. The van der Waals surface area contributed by atoms with Crippen LogP contribution >= 0.6 is 11.3 Å². The van der Waals surface area contributed by atoms with Crippen LogP contribution < -0.4 is 10.6 Å². The van der Waals surface area contributed by atoms with Gasteiger partial charge < -0.3 is 10.1 Å². The molecule has 0 fully saturated rings. The number of anilines is 1. The molecule has 1 aliphatic rings. The number of methoxy groups -OCH3 is 1. The lowest BCUT2D eigenvalue weighted by atomic mass is 10.0. The predicted octanol–water partition coefficient (Wildman–Crippen LogP) is 2.30. The molecular formula is C24H26N6O6S2. The normalized spacial score (nSPS) is 13.3. The van der Waals surface area contributed by atoms with Crippen LogP contribution in [0.15, 0.2) is 29.2 Å². The minimum Gasteiger partial charge on any atom is -0.453 e. The molecule has 38 heavy (non-hydrogen) atoms. The van der Waals surface area contributed by atoms with Crippen LogP contribution in [0.25, 0.3) is 0 Å². The highest BCUT2D eigenvalue weighted by Gasteiger charge is 2.31. The highest BCUT2D eigenvalue weighted by Crippen LogP contribution is 2.38. The highest BCUT2D eigenvalue weighted by molar-refractivity contribution is 7.89. The largest absolute Gasteiger partial charge is 0.453 e. The number of amides is 3. The third kappa shape index (κ3) is 6.17. The summed E-state index contributed by atoms with van der Waals surface area (Å²) in [4.78, 5) is 40.6. The van der Waals surface area contributed by atoms with Crippen LogP contribution in [0.2, 0.25) is 0 Å². The van der Waals surface area contributed by atoms with Gasteiger partial charge in [-0.05, 0) is 50.1 Å². The number of carbonyl (C=O) groups excluding carboxylic acids is 3. The number of ether oxygens (including phenoxy) is 1. The number of carbonyl (C=O) groups is 3. The molecule has 200 valence electrons. The van der Waals surface area contributed by atoms with E-state index in [2.05, 4.69) is 34.1 Å². The third-order valence-corrected chi connectivity index (χ3v) is 8.86. The molecule has 3 rings (SSSR count). The number of nitrogens with one attached hydrogen (secondary N) is 2. The summed E-state index contributed by atoms with van der Waals surface area (Å²) in [5.74, 6) is -1.29. The monoisotopic (exact) mass is 558 g/mol. The van der Waals surface area contributed by atoms with Crippen molar-refractivity contribution in [2.24, 2.45) is 0 Å². The summed E-state index contributed by atoms with van der Waals surface area (Å²) < 4.78 is 30.7. The van der Waals surface area contributed by atoms with E-state index >= 15 is 0 Å². The van der Waals surface area contributed by atoms with Gasteiger partial charge in [-0.25, -0.2) is 13.2 Å². The van der Waals surface area contributed by atoms with E-state index in [0.29, 0.717) is 19.5 Å². The van der Waals surface area contributed by atoms with Crippen molar-refractivity contribution in [3.05, 3.63) is 45.8 Å². The molecule has 0 saturated heterocycles. The summed E-state index contributed by atoms with van der Waals surface area (Å²) >= 11 is 1.24. The van der Waals surface area contributed by atoms with E-state index < -0.39 is 41.0 Å². The molecule has 0 bridgehead atoms. The maximum atomic E-state index is 13.1. The minimum absolute atomic E-state index is 0.116. The molecule has 1 aliphatic heterocycles. The van der Waals surface area contributed by atoms with Gasteiger partial charge in [-0.1, -0.05) is 0 Å². The van der Waals surface area contributed by atoms with Crippen LogP contribution in [-0.2, 0) is 27.7 Å². The zero-order valence-corrected chi connectivity index (χ0v) is 22.6. The highest BCUT2D eigenvalue weighted by atomic mass is 32.2. The average molecular weight is 559 g/mol. The third-order valence-electron chi connectivity index (χ3n) is 5.92. The van der Waals surface area contributed by atoms with E-state index in [4.69, 9.17) is 10.5 Å². The SMILES string of the molecule is COC(=O)NC(=O)c1c(NC(=O)c2ccc(S(=O)(=O)N(CC#N)CC#N)cc2)sc2c1CCN(C(C)C)C2. The van der Waals surface area contributed by atoms with Gasteiger partial charge in [-0.15, -0.1) is 11.3 Å². The first kappa shape index (κ1) is 28.7. The Morgan fingerprint density at radius 1 is 1.13 bits per heavy atom. The van der Waals surface area contributed by atoms with Crippen LogP contribution in [0.5, 0.6) is 0 Å². The smallest absolute Gasteiger partial charge is 0.413 e. The van der Waals surface area contributed by atoms with Gasteiger partial charge in [0.05, 0.1) is 29.7 Å². The van der Waals surface area contributed by atoms with E-state index in [9.17, 15) is 22.8 Å². The number of hydrogen-bond acceptors (Lipinski definition) is 10. The van der Waals surface area contributed by atoms with Gasteiger partial charge >= 0.3 is 6.09 Å². The van der Waals surface area contributed by atoms with Gasteiger partial charge in [-0.3, -0.25) is 19.8 Å². The summed E-state index contributed by atoms with van der Waals surface area (Å²) in [5.41, 5.74) is 1.06. The lowest BCUT2D eigenvalue weighted by Crippen LogP contribution is -2.36. The second-order valence-electron chi connectivity index (χ2n) is 8.54. The molecular weight excluding hydrogens is 532 g/mol. The van der Waals surface area contributed by atoms with Gasteiger partial charge in [0.25, 0.3) is 11.8 Å². The maximum absolute atomic E-state index is 13.1. The molecule has 1 aromatic carbocycles. The number of sulfonamides is 1. The molecule has 0 atom stereocenters. The molecule has 12 nitrogen and oxygen atoms in total. The number of fused-ring (bicyclic) bond motifs is 1. The molecule has 0 spiro atoms. The average Bonchev–Trinajstić information content (AvgIpc) is 3.25. The topological polar surface area (TPSA) is 173 Å². The quantitative estimate of drug-likeness (QED) is 0.461. The van der Waals surface area contributed by atoms with Gasteiger partial charge in [0.1, 0.15) is 18.1 Å². The first-order valence-corrected chi connectivity index (χ1v) is 13.7. The molecule has 1 aromatic heterocycles. The first-order chi connectivity index (χ1) is 18.0. The molecule has 0 saturated carbocycles. The first-order valence-electron chi connectivity index (χ1n) is 11.5. The molecule has 0 aliphatic carbocycles. The number of benzene rings is 1. The number of imide groups is 1. The van der Waals surface area contributed by atoms with E-state index in [1.165, 1.54) is 35.6 Å². The molecule has 14 heteroatoms. The minimum atomic E-state index is -4.12. The number of rotatable bonds is 8. The number of nitriles is 2. The summed E-state index contributed by atoms with van der Waals surface area (Å²) in [6.07, 6.45) is -0.372. The summed E-state index contributed by atoms with van der Waals surface area (Å²) in [5, 5.41) is 22.9. The van der Waals surface area contributed by atoms with Crippen molar-refractivity contribution in [2.75, 3.05) is 32.1 Å². The Bertz CT molecular complexity index is 1400. The number of nitrogens with zero attached hydrogens (tertiary/aromatic N) is 4. The number of thiophene rings is 1. The Hall–Kier alpha value is -3.82. The van der Waals surface area contributed by atoms with E-state index in [0.717, 1.165) is 21.9 Å². The second kappa shape index (κ2) is 12.1. The summed E-state index contributed by atoms with van der Waals surface area (Å²) in [6.45, 7) is 4.43. The molecule has 3 amide bonds. The van der Waals surface area contributed by atoms with Crippen LogP contribution in [-0.4, -0.2) is 68.3 Å². The molecule has 2 N–H and O–H groups in total. The second-order valence-corrected chi connectivity index (χ2v) is 11.6. The predicted molar refractivity (Wildman–Crippen MR) is 138 cm³/mol. The Balaban J connectivity index is 1.90. The van der Waals surface area contributed by atoms with Crippen LogP contribution in [0, 0.1) is 22.7 Å². The van der Waals surface area contributed by atoms with Crippen molar-refractivity contribution < 1.29 is 27.5 Å². The van der Waals surface area contributed by atoms with Gasteiger partial charge in [-0.2, -0.15) is 14.8 Å². The lowest BCUT2D eigenvalue weighted by molar-refractivity contribution is 0.0936. The standard InChI is InChI=1S/C24H26N6O6S2/c1-15(2)29-11-8-18-19(14-29)37-23(20(18)22(32)28-24(33)36-3)27-21(31)16-4-6-17(7-5-16)38(34,35)30(12-9-25)13-10-26/h4-7,15H,8,11-14H2,1-3H3,(H,27,31)(H,28,32,33). The van der Waals surface area contributed by atoms with Crippen molar-refractivity contribution in [2.45, 2.75) is 37.8 Å². The van der Waals surface area contributed by atoms with Crippen LogP contribution in [0.1, 0.15) is 45.0 Å². The van der Waals surface area contributed by atoms with E-state index in [1.807, 2.05) is 0 Å². The van der Waals surface area contributed by atoms with Crippen molar-refractivity contribution in [3.8, 4) is 12.1 Å². The number of alkyl carbamates (subject to hydrolysis) is 1. The number of hydrogen-bond donors (Lipinski definition) is 2. The van der Waals surface area contributed by atoms with Crippen molar-refractivity contribution in [1.82, 2.24) is 14.5 Å². The van der Waals surface area contributed by atoms with E-state index in [-0.39, 0.29) is 27.1 Å². The molecule has 0 radical (unpaired) electrons. The lowest BCUT2D eigenvalue weighted by Gasteiger charge is -2.30. The Labute approximate surface area is 224 Å². The van der Waals surface area contributed by atoms with Crippen molar-refractivity contribution in [1.29, 1.82) is 10.5 Å². The Morgan fingerprint density at radius 2 is 1.76 bits per heavy atom. The summed E-state index contributed by atoms with van der Waals surface area (Å²) in [7, 11) is -2.98. The molecule has 0 unspecified atom stereocenters. The van der Waals surface area contributed by atoms with Crippen LogP contribution in [0.3, 0.4) is 0 Å². The zero-order chi connectivity index (χ0) is 28.0. The van der Waals surface area contributed by atoms with Gasteiger partial charge in [0.15, 0.2) is 0 Å². The van der Waals surface area contributed by atoms with Gasteiger partial charge in [0, 0.05) is 29.6 Å². The Kier molecular flexibility index (Phi) is 9.19. The fraction of sp³-hybridized carbons (Fsp3) is 0.375. The molecule has 2 heterocycles. The zero-order valence-electron chi connectivity index (χ0n) is 21.0. The molecule has 2 aromatic rings. The van der Waals surface area contributed by atoms with E-state index in [1.54, 1.807) is 12.1 Å². The van der Waals surface area contributed by atoms with Gasteiger partial charge in [0.2, 0.25) is 10.0 Å². The maximum Gasteiger partial charge on any atom is 0.413 e. The summed E-state index contributed by atoms with van der Waals surface area (Å²) in [6, 6.07) is 8.70. The fourth-order valence-corrected chi connectivity index (χ4v) is 6.38. The van der Waals surface area contributed by atoms with Crippen LogP contribution in [0.4, 0.5) is 9.80 Å². The van der Waals surface area contributed by atoms with Crippen molar-refractivity contribution in [3.63, 3.8) is 0 Å². The van der Waals surface area contributed by atoms with Crippen molar-refractivity contribution >= 4 is 44.3 Å².